The standard InChI is InChI=1S/C16H27N3O4S/c1-4-16(21,5-2)12-19-15(20)18-10-13-6-8-14(9-7-13)11-24(22,23)17-3/h6-9,17,21H,4-5,10-12H2,1-3H3,(H2,18,19,20). The van der Waals surface area contributed by atoms with Crippen LogP contribution in [-0.4, -0.2) is 38.7 Å². The molecule has 0 heterocycles. The van der Waals surface area contributed by atoms with Crippen molar-refractivity contribution in [2.45, 2.75) is 44.6 Å². The van der Waals surface area contributed by atoms with E-state index in [0.29, 0.717) is 24.9 Å². The first-order valence-corrected chi connectivity index (χ1v) is 9.62. The minimum absolute atomic E-state index is 0.0791. The molecule has 0 unspecified atom stereocenters. The van der Waals surface area contributed by atoms with Crippen LogP contribution >= 0.6 is 0 Å². The number of carbonyl (C=O) groups excluding carboxylic acids is 1. The molecule has 8 heteroatoms. The molecule has 2 amide bonds. The second kappa shape index (κ2) is 9.00. The molecule has 0 atom stereocenters. The molecule has 0 aliphatic heterocycles. The highest BCUT2D eigenvalue weighted by atomic mass is 32.2. The van der Waals surface area contributed by atoms with Crippen molar-refractivity contribution in [2.75, 3.05) is 13.6 Å². The Morgan fingerprint density at radius 3 is 2.12 bits per heavy atom. The van der Waals surface area contributed by atoms with E-state index in [1.807, 2.05) is 13.8 Å². The average molecular weight is 357 g/mol. The summed E-state index contributed by atoms with van der Waals surface area (Å²) in [6.07, 6.45) is 1.14. The Balaban J connectivity index is 2.46. The van der Waals surface area contributed by atoms with E-state index < -0.39 is 15.6 Å². The Morgan fingerprint density at radius 1 is 1.08 bits per heavy atom. The molecule has 7 nitrogen and oxygen atoms in total. The summed E-state index contributed by atoms with van der Waals surface area (Å²) in [6.45, 7) is 4.27. The summed E-state index contributed by atoms with van der Waals surface area (Å²) in [5.41, 5.74) is 0.656. The number of carbonyl (C=O) groups is 1. The molecule has 0 radical (unpaired) electrons. The fourth-order valence-corrected chi connectivity index (χ4v) is 2.81. The van der Waals surface area contributed by atoms with Gasteiger partial charge in [0.15, 0.2) is 0 Å². The highest BCUT2D eigenvalue weighted by Gasteiger charge is 2.22. The number of aliphatic hydroxyl groups is 1. The van der Waals surface area contributed by atoms with Crippen molar-refractivity contribution in [1.29, 1.82) is 0 Å². The van der Waals surface area contributed by atoms with Crippen molar-refractivity contribution in [3.63, 3.8) is 0 Å². The van der Waals surface area contributed by atoms with E-state index in [1.54, 1.807) is 24.3 Å². The van der Waals surface area contributed by atoms with E-state index in [1.165, 1.54) is 7.05 Å². The van der Waals surface area contributed by atoms with Gasteiger partial charge in [0.25, 0.3) is 0 Å². The molecule has 0 saturated heterocycles. The molecule has 136 valence electrons. The molecule has 0 bridgehead atoms. The number of nitrogens with one attached hydrogen (secondary N) is 3. The van der Waals surface area contributed by atoms with Crippen LogP contribution in [0.5, 0.6) is 0 Å². The number of rotatable bonds is 9. The van der Waals surface area contributed by atoms with Crippen LogP contribution in [0.3, 0.4) is 0 Å². The third-order valence-corrected chi connectivity index (χ3v) is 5.37. The predicted octanol–water partition coefficient (Wildman–Crippen LogP) is 1.09. The van der Waals surface area contributed by atoms with Crippen LogP contribution in [0, 0.1) is 0 Å². The maximum atomic E-state index is 11.8. The molecule has 0 aliphatic rings. The van der Waals surface area contributed by atoms with Gasteiger partial charge in [-0.15, -0.1) is 0 Å². The van der Waals surface area contributed by atoms with Crippen LogP contribution in [0.1, 0.15) is 37.8 Å². The highest BCUT2D eigenvalue weighted by molar-refractivity contribution is 7.88. The van der Waals surface area contributed by atoms with Crippen molar-refractivity contribution in [1.82, 2.24) is 15.4 Å². The second-order valence-corrected chi connectivity index (χ2v) is 7.67. The van der Waals surface area contributed by atoms with Crippen molar-refractivity contribution in [3.8, 4) is 0 Å². The van der Waals surface area contributed by atoms with Gasteiger partial charge < -0.3 is 15.7 Å². The summed E-state index contributed by atoms with van der Waals surface area (Å²) in [5.74, 6) is -0.0791. The molecule has 1 aromatic rings. The van der Waals surface area contributed by atoms with Crippen LogP contribution in [0.2, 0.25) is 0 Å². The maximum absolute atomic E-state index is 11.8. The van der Waals surface area contributed by atoms with Crippen molar-refractivity contribution in [2.24, 2.45) is 0 Å². The van der Waals surface area contributed by atoms with Gasteiger partial charge in [0, 0.05) is 13.1 Å². The molecule has 1 rings (SSSR count). The fourth-order valence-electron chi connectivity index (χ4n) is 2.03. The number of amides is 2. The molecular formula is C16H27N3O4S. The smallest absolute Gasteiger partial charge is 0.315 e. The van der Waals surface area contributed by atoms with Crippen LogP contribution < -0.4 is 15.4 Å². The quantitative estimate of drug-likeness (QED) is 0.530. The van der Waals surface area contributed by atoms with Gasteiger partial charge in [0.2, 0.25) is 10.0 Å². The first kappa shape index (κ1) is 20.4. The topological polar surface area (TPSA) is 108 Å². The van der Waals surface area contributed by atoms with Crippen LogP contribution in [0.25, 0.3) is 0 Å². The molecule has 4 N–H and O–H groups in total. The van der Waals surface area contributed by atoms with Gasteiger partial charge in [0.05, 0.1) is 11.4 Å². The van der Waals surface area contributed by atoms with Crippen LogP contribution in [0.4, 0.5) is 4.79 Å². The van der Waals surface area contributed by atoms with Crippen molar-refractivity contribution < 1.29 is 18.3 Å². The first-order chi connectivity index (χ1) is 11.2. The Labute approximate surface area is 143 Å². The van der Waals surface area contributed by atoms with Gasteiger partial charge in [-0.25, -0.2) is 17.9 Å². The number of hydrogen-bond acceptors (Lipinski definition) is 4. The maximum Gasteiger partial charge on any atom is 0.315 e. The Kier molecular flexibility index (Phi) is 7.65. The zero-order valence-corrected chi connectivity index (χ0v) is 15.2. The lowest BCUT2D eigenvalue weighted by molar-refractivity contribution is 0.0349. The number of sulfonamides is 1. The van der Waals surface area contributed by atoms with E-state index in [4.69, 9.17) is 0 Å². The molecule has 0 aromatic heterocycles. The van der Waals surface area contributed by atoms with Crippen molar-refractivity contribution in [3.05, 3.63) is 35.4 Å². The molecule has 0 saturated carbocycles. The van der Waals surface area contributed by atoms with Gasteiger partial charge in [-0.05, 0) is 31.0 Å². The van der Waals surface area contributed by atoms with Gasteiger partial charge in [-0.1, -0.05) is 38.1 Å². The summed E-state index contributed by atoms with van der Waals surface area (Å²) in [5, 5.41) is 15.5. The third-order valence-electron chi connectivity index (χ3n) is 4.04. The lowest BCUT2D eigenvalue weighted by Crippen LogP contribution is -2.45. The Bertz CT molecular complexity index is 625. The van der Waals surface area contributed by atoms with E-state index in [0.717, 1.165) is 5.56 Å². The zero-order valence-electron chi connectivity index (χ0n) is 14.4. The SMILES string of the molecule is CCC(O)(CC)CNC(=O)NCc1ccc(CS(=O)(=O)NC)cc1. The van der Waals surface area contributed by atoms with Gasteiger partial charge in [0.1, 0.15) is 0 Å². The second-order valence-electron chi connectivity index (χ2n) is 5.75. The summed E-state index contributed by atoms with van der Waals surface area (Å²) in [7, 11) is -1.91. The average Bonchev–Trinajstić information content (AvgIpc) is 2.58. The Morgan fingerprint density at radius 2 is 1.62 bits per heavy atom. The van der Waals surface area contributed by atoms with E-state index >= 15 is 0 Å². The van der Waals surface area contributed by atoms with E-state index in [9.17, 15) is 18.3 Å². The molecule has 1 aromatic carbocycles. The molecular weight excluding hydrogens is 330 g/mol. The first-order valence-electron chi connectivity index (χ1n) is 7.96. The van der Waals surface area contributed by atoms with Crippen LogP contribution in [0.15, 0.2) is 24.3 Å². The molecule has 0 spiro atoms. The fraction of sp³-hybridized carbons (Fsp3) is 0.562. The largest absolute Gasteiger partial charge is 0.388 e. The normalized spacial score (nSPS) is 12.0. The molecule has 24 heavy (non-hydrogen) atoms. The van der Waals surface area contributed by atoms with Gasteiger partial charge in [-0.2, -0.15) is 0 Å². The van der Waals surface area contributed by atoms with Crippen molar-refractivity contribution >= 4 is 16.1 Å². The molecule has 0 fully saturated rings. The monoisotopic (exact) mass is 357 g/mol. The van der Waals surface area contributed by atoms with Gasteiger partial charge in [-0.3, -0.25) is 0 Å². The van der Waals surface area contributed by atoms with E-state index in [-0.39, 0.29) is 18.3 Å². The lowest BCUT2D eigenvalue weighted by Gasteiger charge is -2.25. The predicted molar refractivity (Wildman–Crippen MR) is 93.9 cm³/mol. The third kappa shape index (κ3) is 6.86. The zero-order chi connectivity index (χ0) is 18.2. The summed E-state index contributed by atoms with van der Waals surface area (Å²) < 4.78 is 25.2. The minimum atomic E-state index is -3.29. The number of hydrogen-bond donors (Lipinski definition) is 4. The minimum Gasteiger partial charge on any atom is -0.388 e. The number of benzene rings is 1. The summed E-state index contributed by atoms with van der Waals surface area (Å²) in [4.78, 5) is 11.8. The van der Waals surface area contributed by atoms with Gasteiger partial charge >= 0.3 is 6.03 Å². The summed E-state index contributed by atoms with van der Waals surface area (Å²) >= 11 is 0. The summed E-state index contributed by atoms with van der Waals surface area (Å²) in [6, 6.07) is 6.63. The van der Waals surface area contributed by atoms with Crippen LogP contribution in [-0.2, 0) is 22.3 Å². The van der Waals surface area contributed by atoms with E-state index in [2.05, 4.69) is 15.4 Å². The lowest BCUT2D eigenvalue weighted by atomic mass is 9.98. The highest BCUT2D eigenvalue weighted by Crippen LogP contribution is 2.12. The molecule has 0 aliphatic carbocycles. The number of urea groups is 1. The Hall–Kier alpha value is -1.64.